The maximum absolute atomic E-state index is 13.1. The molecule has 1 aromatic carbocycles. The number of alkyl halides is 3. The number of sulfone groups is 1. The third kappa shape index (κ3) is 7.80. The number of benzene rings is 1. The van der Waals surface area contributed by atoms with E-state index in [9.17, 15) is 26.0 Å². The number of rotatable bonds is 5. The molecule has 0 fully saturated rings. The van der Waals surface area contributed by atoms with Gasteiger partial charge in [0.15, 0.2) is 15.8 Å². The molecule has 1 rings (SSSR count). The van der Waals surface area contributed by atoms with Gasteiger partial charge in [-0.2, -0.15) is 13.2 Å². The highest BCUT2D eigenvalue weighted by Crippen LogP contribution is 2.32. The van der Waals surface area contributed by atoms with Crippen molar-refractivity contribution >= 4 is 39.8 Å². The number of hydrogen-bond acceptors (Lipinski definition) is 3. The summed E-state index contributed by atoms with van der Waals surface area (Å²) >= 11 is 0. The van der Waals surface area contributed by atoms with Crippen LogP contribution in [0.1, 0.15) is 31.9 Å². The van der Waals surface area contributed by atoms with Gasteiger partial charge in [-0.05, 0) is 38.5 Å². The van der Waals surface area contributed by atoms with Gasteiger partial charge in [-0.1, -0.05) is 6.07 Å². The van der Waals surface area contributed by atoms with E-state index in [0.29, 0.717) is 6.07 Å². The van der Waals surface area contributed by atoms with Crippen LogP contribution in [0.4, 0.5) is 17.6 Å². The average molecular weight is 525 g/mol. The Kier molecular flexibility index (Phi) is 9.49. The van der Waals surface area contributed by atoms with Crippen LogP contribution in [0.5, 0.6) is 0 Å². The minimum absolute atomic E-state index is 0. The number of hydrogen-bond donors (Lipinski definition) is 2. The molecule has 0 saturated heterocycles. The summed E-state index contributed by atoms with van der Waals surface area (Å²) in [7, 11) is -1.93. The molecule has 0 heterocycles. The zero-order valence-electron chi connectivity index (χ0n) is 15.4. The molecule has 0 atom stereocenters. The zero-order chi connectivity index (χ0) is 20.2. The smallest absolute Gasteiger partial charge is 0.355 e. The fourth-order valence-corrected chi connectivity index (χ4v) is 2.96. The zero-order valence-corrected chi connectivity index (χ0v) is 18.6. The largest absolute Gasteiger partial charge is 0.416 e. The van der Waals surface area contributed by atoms with Crippen molar-refractivity contribution in [2.24, 2.45) is 4.99 Å². The second-order valence-corrected chi connectivity index (χ2v) is 9.45. The van der Waals surface area contributed by atoms with Gasteiger partial charge in [-0.3, -0.25) is 4.99 Å². The maximum Gasteiger partial charge on any atom is 0.416 e. The van der Waals surface area contributed by atoms with Crippen LogP contribution in [-0.4, -0.2) is 38.5 Å². The van der Waals surface area contributed by atoms with Crippen molar-refractivity contribution in [1.29, 1.82) is 0 Å². The van der Waals surface area contributed by atoms with E-state index >= 15 is 0 Å². The molecule has 0 aromatic heterocycles. The van der Waals surface area contributed by atoms with Crippen molar-refractivity contribution in [2.45, 2.75) is 38.2 Å². The van der Waals surface area contributed by atoms with Gasteiger partial charge in [0.1, 0.15) is 5.82 Å². The average Bonchev–Trinajstić information content (AvgIpc) is 2.49. The molecule has 0 bridgehead atoms. The van der Waals surface area contributed by atoms with Gasteiger partial charge in [0, 0.05) is 20.1 Å². The molecule has 0 unspecified atom stereocenters. The lowest BCUT2D eigenvalue weighted by atomic mass is 10.1. The lowest BCUT2D eigenvalue weighted by Gasteiger charge is -2.20. The summed E-state index contributed by atoms with van der Waals surface area (Å²) in [5.74, 6) is -0.982. The third-order valence-corrected chi connectivity index (χ3v) is 6.25. The number of halogens is 5. The fraction of sp³-hybridized carbons (Fsp3) is 0.562. The van der Waals surface area contributed by atoms with Gasteiger partial charge in [0.05, 0.1) is 16.1 Å². The van der Waals surface area contributed by atoms with Crippen LogP contribution in [-0.2, 0) is 22.6 Å². The summed E-state index contributed by atoms with van der Waals surface area (Å²) in [6.45, 7) is 4.56. The van der Waals surface area contributed by atoms with Gasteiger partial charge in [0.25, 0.3) is 0 Å². The van der Waals surface area contributed by atoms with E-state index in [-0.39, 0.29) is 54.3 Å². The molecule has 0 aliphatic carbocycles. The van der Waals surface area contributed by atoms with Gasteiger partial charge in [-0.15, -0.1) is 24.0 Å². The van der Waals surface area contributed by atoms with E-state index in [1.54, 1.807) is 20.8 Å². The summed E-state index contributed by atoms with van der Waals surface area (Å²) in [5.41, 5.74) is -1.22. The standard InChI is InChI=1S/C16H23F4N3O2S.HI/c1-15(2,3)26(24,25)8-7-22-14(21-4)23-10-11-5-6-12(17)9-13(11)16(18,19)20;/h5-6,9H,7-8,10H2,1-4H3,(H2,21,22,23);1H. The van der Waals surface area contributed by atoms with E-state index in [1.807, 2.05) is 0 Å². The highest BCUT2D eigenvalue weighted by molar-refractivity contribution is 14.0. The van der Waals surface area contributed by atoms with E-state index in [2.05, 4.69) is 15.6 Å². The minimum atomic E-state index is -4.68. The molecule has 11 heteroatoms. The normalized spacial score (nSPS) is 13.1. The molecule has 0 spiro atoms. The molecule has 156 valence electrons. The number of nitrogens with one attached hydrogen (secondary N) is 2. The predicted octanol–water partition coefficient (Wildman–Crippen LogP) is 3.34. The summed E-state index contributed by atoms with van der Waals surface area (Å²) in [6.07, 6.45) is -4.68. The molecule has 0 aliphatic heterocycles. The molecular weight excluding hydrogens is 501 g/mol. The summed E-state index contributed by atoms with van der Waals surface area (Å²) in [5, 5.41) is 5.41. The summed E-state index contributed by atoms with van der Waals surface area (Å²) in [6, 6.07) is 2.42. The molecule has 0 radical (unpaired) electrons. The Morgan fingerprint density at radius 1 is 1.15 bits per heavy atom. The lowest BCUT2D eigenvalue weighted by molar-refractivity contribution is -0.138. The Hall–Kier alpha value is -1.11. The van der Waals surface area contributed by atoms with E-state index in [0.717, 1.165) is 12.1 Å². The molecular formula is C16H24F4IN3O2S. The van der Waals surface area contributed by atoms with Crippen molar-refractivity contribution in [3.05, 3.63) is 35.1 Å². The quantitative estimate of drug-likeness (QED) is 0.268. The Labute approximate surface area is 174 Å². The second kappa shape index (κ2) is 9.89. The topological polar surface area (TPSA) is 70.6 Å². The van der Waals surface area contributed by atoms with Gasteiger partial charge >= 0.3 is 6.18 Å². The Morgan fingerprint density at radius 2 is 1.74 bits per heavy atom. The van der Waals surface area contributed by atoms with Crippen LogP contribution >= 0.6 is 24.0 Å². The third-order valence-electron chi connectivity index (χ3n) is 3.64. The van der Waals surface area contributed by atoms with Crippen molar-refractivity contribution in [1.82, 2.24) is 10.6 Å². The van der Waals surface area contributed by atoms with Gasteiger partial charge < -0.3 is 10.6 Å². The Balaban J connectivity index is 0.00000676. The van der Waals surface area contributed by atoms with Crippen molar-refractivity contribution in [3.63, 3.8) is 0 Å². The highest BCUT2D eigenvalue weighted by Gasteiger charge is 2.33. The molecule has 0 aliphatic rings. The first-order valence-electron chi connectivity index (χ1n) is 7.80. The SMILES string of the molecule is CN=C(NCCS(=O)(=O)C(C)(C)C)NCc1ccc(F)cc1C(F)(F)F.I. The van der Waals surface area contributed by atoms with Gasteiger partial charge in [0.2, 0.25) is 0 Å². The molecule has 5 nitrogen and oxygen atoms in total. The van der Waals surface area contributed by atoms with Crippen molar-refractivity contribution < 1.29 is 26.0 Å². The van der Waals surface area contributed by atoms with Crippen molar-refractivity contribution in [2.75, 3.05) is 19.3 Å². The van der Waals surface area contributed by atoms with E-state index in [4.69, 9.17) is 0 Å². The fourth-order valence-electron chi connectivity index (χ4n) is 1.98. The minimum Gasteiger partial charge on any atom is -0.355 e. The summed E-state index contributed by atoms with van der Waals surface area (Å²) < 4.78 is 75.2. The first-order valence-corrected chi connectivity index (χ1v) is 9.45. The number of guanidine groups is 1. The Bertz CT molecular complexity index is 760. The first kappa shape index (κ1) is 25.9. The van der Waals surface area contributed by atoms with Crippen LogP contribution in [0.15, 0.2) is 23.2 Å². The Morgan fingerprint density at radius 3 is 2.22 bits per heavy atom. The molecule has 1 aromatic rings. The van der Waals surface area contributed by atoms with Crippen LogP contribution in [0, 0.1) is 5.82 Å². The molecule has 0 amide bonds. The lowest BCUT2D eigenvalue weighted by Crippen LogP contribution is -2.41. The number of aliphatic imine (C=N–C) groups is 1. The van der Waals surface area contributed by atoms with Crippen LogP contribution in [0.3, 0.4) is 0 Å². The van der Waals surface area contributed by atoms with Crippen LogP contribution in [0.2, 0.25) is 0 Å². The van der Waals surface area contributed by atoms with Crippen LogP contribution < -0.4 is 10.6 Å². The van der Waals surface area contributed by atoms with Crippen molar-refractivity contribution in [3.8, 4) is 0 Å². The van der Waals surface area contributed by atoms with Gasteiger partial charge in [-0.25, -0.2) is 12.8 Å². The monoisotopic (exact) mass is 525 g/mol. The number of nitrogens with zero attached hydrogens (tertiary/aromatic N) is 1. The summed E-state index contributed by atoms with van der Waals surface area (Å²) in [4.78, 5) is 3.84. The predicted molar refractivity (Wildman–Crippen MR) is 109 cm³/mol. The maximum atomic E-state index is 13.1. The van der Waals surface area contributed by atoms with E-state index < -0.39 is 32.1 Å². The molecule has 0 saturated carbocycles. The van der Waals surface area contributed by atoms with Crippen LogP contribution in [0.25, 0.3) is 0 Å². The molecule has 27 heavy (non-hydrogen) atoms. The second-order valence-electron chi connectivity index (χ2n) is 6.58. The molecule has 2 N–H and O–H groups in total. The van der Waals surface area contributed by atoms with E-state index in [1.165, 1.54) is 7.05 Å². The first-order chi connectivity index (χ1) is 11.8. The highest BCUT2D eigenvalue weighted by atomic mass is 127.